The van der Waals surface area contributed by atoms with Gasteiger partial charge in [-0.3, -0.25) is 0 Å². The van der Waals surface area contributed by atoms with Crippen molar-refractivity contribution in [2.24, 2.45) is 5.92 Å². The van der Waals surface area contributed by atoms with Crippen LogP contribution in [0.2, 0.25) is 0 Å². The summed E-state index contributed by atoms with van der Waals surface area (Å²) in [7, 11) is 0. The molecule has 0 spiro atoms. The minimum Gasteiger partial charge on any atom is -0.386 e. The molecule has 0 saturated heterocycles. The summed E-state index contributed by atoms with van der Waals surface area (Å²) in [5, 5.41) is 9.63. The standard InChI is InChI=1S/C10H16O/c1-3-7-10(2,11)8-6-9-4-5-9/h3,6,8-9,11H,1,4-5,7H2,2H3/b8-6+. The Kier molecular flexibility index (Phi) is 2.50. The lowest BCUT2D eigenvalue weighted by Gasteiger charge is -2.15. The summed E-state index contributed by atoms with van der Waals surface area (Å²) in [6, 6.07) is 0. The molecule has 0 radical (unpaired) electrons. The average molecular weight is 152 g/mol. The van der Waals surface area contributed by atoms with Crippen LogP contribution in [0.4, 0.5) is 0 Å². The lowest BCUT2D eigenvalue weighted by atomic mass is 10.0. The monoisotopic (exact) mass is 152 g/mol. The maximum atomic E-state index is 9.63. The van der Waals surface area contributed by atoms with E-state index in [1.807, 2.05) is 13.0 Å². The molecule has 0 bridgehead atoms. The van der Waals surface area contributed by atoms with Crippen LogP contribution in [0, 0.1) is 5.92 Å². The van der Waals surface area contributed by atoms with Crippen LogP contribution >= 0.6 is 0 Å². The Morgan fingerprint density at radius 1 is 1.64 bits per heavy atom. The summed E-state index contributed by atoms with van der Waals surface area (Å²) >= 11 is 0. The molecule has 1 atom stereocenters. The molecule has 0 heterocycles. The third-order valence-electron chi connectivity index (χ3n) is 1.91. The molecule has 11 heavy (non-hydrogen) atoms. The van der Waals surface area contributed by atoms with Crippen molar-refractivity contribution in [2.45, 2.75) is 31.8 Å². The summed E-state index contributed by atoms with van der Waals surface area (Å²) in [6.45, 7) is 5.41. The van der Waals surface area contributed by atoms with Crippen molar-refractivity contribution >= 4 is 0 Å². The van der Waals surface area contributed by atoms with Gasteiger partial charge in [-0.15, -0.1) is 6.58 Å². The first kappa shape index (κ1) is 8.54. The largest absolute Gasteiger partial charge is 0.386 e. The van der Waals surface area contributed by atoms with Gasteiger partial charge >= 0.3 is 0 Å². The Bertz CT molecular complexity index is 164. The fourth-order valence-electron chi connectivity index (χ4n) is 0.992. The Labute approximate surface area is 68.4 Å². The second-order valence-electron chi connectivity index (χ2n) is 3.55. The highest BCUT2D eigenvalue weighted by atomic mass is 16.3. The fraction of sp³-hybridized carbons (Fsp3) is 0.600. The maximum Gasteiger partial charge on any atom is 0.0833 e. The molecule has 0 aliphatic heterocycles. The fourth-order valence-corrected chi connectivity index (χ4v) is 0.992. The van der Waals surface area contributed by atoms with Gasteiger partial charge in [0.15, 0.2) is 0 Å². The molecule has 1 unspecified atom stereocenters. The first-order valence-corrected chi connectivity index (χ1v) is 4.17. The van der Waals surface area contributed by atoms with Crippen molar-refractivity contribution in [1.29, 1.82) is 0 Å². The van der Waals surface area contributed by atoms with E-state index in [1.165, 1.54) is 12.8 Å². The van der Waals surface area contributed by atoms with Crippen molar-refractivity contribution in [1.82, 2.24) is 0 Å². The van der Waals surface area contributed by atoms with Gasteiger partial charge in [-0.2, -0.15) is 0 Å². The Morgan fingerprint density at radius 2 is 2.27 bits per heavy atom. The van der Waals surface area contributed by atoms with Crippen LogP contribution in [-0.2, 0) is 0 Å². The second kappa shape index (κ2) is 3.22. The summed E-state index contributed by atoms with van der Waals surface area (Å²) in [6.07, 6.45) is 8.98. The maximum absolute atomic E-state index is 9.63. The van der Waals surface area contributed by atoms with Gasteiger partial charge in [0.1, 0.15) is 0 Å². The van der Waals surface area contributed by atoms with Crippen molar-refractivity contribution < 1.29 is 5.11 Å². The Morgan fingerprint density at radius 3 is 2.73 bits per heavy atom. The molecule has 1 heteroatoms. The molecule has 1 rings (SSSR count). The minimum absolute atomic E-state index is 0.635. The van der Waals surface area contributed by atoms with Crippen molar-refractivity contribution in [3.05, 3.63) is 24.8 Å². The molecule has 1 fully saturated rings. The summed E-state index contributed by atoms with van der Waals surface area (Å²) in [5.74, 6) is 0.742. The first-order valence-electron chi connectivity index (χ1n) is 4.17. The average Bonchev–Trinajstić information content (AvgIpc) is 2.65. The van der Waals surface area contributed by atoms with Gasteiger partial charge in [0.25, 0.3) is 0 Å². The van der Waals surface area contributed by atoms with E-state index in [1.54, 1.807) is 6.08 Å². The van der Waals surface area contributed by atoms with Crippen LogP contribution in [0.15, 0.2) is 24.8 Å². The van der Waals surface area contributed by atoms with E-state index in [2.05, 4.69) is 12.7 Å². The van der Waals surface area contributed by atoms with E-state index in [4.69, 9.17) is 0 Å². The van der Waals surface area contributed by atoms with Gasteiger partial charge in [-0.05, 0) is 32.1 Å². The summed E-state index contributed by atoms with van der Waals surface area (Å²) in [4.78, 5) is 0. The zero-order valence-corrected chi connectivity index (χ0v) is 7.09. The molecule has 0 aromatic rings. The van der Waals surface area contributed by atoms with Gasteiger partial charge in [-0.1, -0.05) is 18.2 Å². The number of allylic oxidation sites excluding steroid dienone is 1. The van der Waals surface area contributed by atoms with E-state index in [-0.39, 0.29) is 0 Å². The zero-order chi connectivity index (χ0) is 8.32. The number of rotatable bonds is 4. The van der Waals surface area contributed by atoms with Gasteiger partial charge in [0.2, 0.25) is 0 Å². The molecule has 1 aliphatic carbocycles. The molecular formula is C10H16O. The minimum atomic E-state index is -0.676. The number of hydrogen-bond donors (Lipinski definition) is 1. The first-order chi connectivity index (χ1) is 5.14. The van der Waals surface area contributed by atoms with E-state index in [9.17, 15) is 5.11 Å². The van der Waals surface area contributed by atoms with Crippen LogP contribution in [0.25, 0.3) is 0 Å². The van der Waals surface area contributed by atoms with Crippen LogP contribution in [0.5, 0.6) is 0 Å². The lowest BCUT2D eigenvalue weighted by molar-refractivity contribution is 0.115. The second-order valence-corrected chi connectivity index (χ2v) is 3.55. The molecule has 1 N–H and O–H groups in total. The number of aliphatic hydroxyl groups is 1. The number of hydrogen-bond acceptors (Lipinski definition) is 1. The van der Waals surface area contributed by atoms with Crippen molar-refractivity contribution in [2.75, 3.05) is 0 Å². The Balaban J connectivity index is 2.35. The van der Waals surface area contributed by atoms with Crippen LogP contribution < -0.4 is 0 Å². The third kappa shape index (κ3) is 3.38. The molecule has 62 valence electrons. The summed E-state index contributed by atoms with van der Waals surface area (Å²) in [5.41, 5.74) is -0.676. The Hall–Kier alpha value is -0.560. The molecular weight excluding hydrogens is 136 g/mol. The van der Waals surface area contributed by atoms with Crippen LogP contribution in [-0.4, -0.2) is 10.7 Å². The molecule has 0 aromatic heterocycles. The van der Waals surface area contributed by atoms with E-state index in [0.717, 1.165) is 5.92 Å². The predicted molar refractivity (Wildman–Crippen MR) is 47.3 cm³/mol. The van der Waals surface area contributed by atoms with Crippen molar-refractivity contribution in [3.8, 4) is 0 Å². The highest BCUT2D eigenvalue weighted by Gasteiger charge is 2.20. The molecule has 1 nitrogen and oxygen atoms in total. The van der Waals surface area contributed by atoms with Gasteiger partial charge < -0.3 is 5.11 Å². The predicted octanol–water partition coefficient (Wildman–Crippen LogP) is 2.28. The highest BCUT2D eigenvalue weighted by Crippen LogP contribution is 2.31. The van der Waals surface area contributed by atoms with Gasteiger partial charge in [0.05, 0.1) is 5.60 Å². The normalized spacial score (nSPS) is 23.5. The molecule has 0 amide bonds. The lowest BCUT2D eigenvalue weighted by Crippen LogP contribution is -2.19. The van der Waals surface area contributed by atoms with Crippen molar-refractivity contribution in [3.63, 3.8) is 0 Å². The van der Waals surface area contributed by atoms with E-state index < -0.39 is 5.60 Å². The van der Waals surface area contributed by atoms with E-state index >= 15 is 0 Å². The summed E-state index contributed by atoms with van der Waals surface area (Å²) < 4.78 is 0. The molecule has 1 aliphatic rings. The topological polar surface area (TPSA) is 20.2 Å². The molecule has 1 saturated carbocycles. The van der Waals surface area contributed by atoms with Gasteiger partial charge in [-0.25, -0.2) is 0 Å². The van der Waals surface area contributed by atoms with Gasteiger partial charge in [0, 0.05) is 0 Å². The molecule has 0 aromatic carbocycles. The quantitative estimate of drug-likeness (QED) is 0.613. The van der Waals surface area contributed by atoms with Crippen LogP contribution in [0.3, 0.4) is 0 Å². The zero-order valence-electron chi connectivity index (χ0n) is 7.09. The third-order valence-corrected chi connectivity index (χ3v) is 1.91. The van der Waals surface area contributed by atoms with Crippen LogP contribution in [0.1, 0.15) is 26.2 Å². The highest BCUT2D eigenvalue weighted by molar-refractivity contribution is 5.06. The smallest absolute Gasteiger partial charge is 0.0833 e. The SMILES string of the molecule is C=CCC(C)(O)/C=C/C1CC1. The van der Waals surface area contributed by atoms with E-state index in [0.29, 0.717) is 6.42 Å².